The van der Waals surface area contributed by atoms with E-state index in [0.29, 0.717) is 16.9 Å². The molecule has 0 saturated heterocycles. The minimum Gasteiger partial charge on any atom is -0.309 e. The van der Waals surface area contributed by atoms with Crippen molar-refractivity contribution in [3.63, 3.8) is 0 Å². The molecule has 0 atom stereocenters. The van der Waals surface area contributed by atoms with Crippen LogP contribution in [0.25, 0.3) is 77.2 Å². The maximum Gasteiger partial charge on any atom is 0.0652 e. The lowest BCUT2D eigenvalue weighted by Gasteiger charge is -2.11. The molecule has 9 rings (SSSR count). The summed E-state index contributed by atoms with van der Waals surface area (Å²) in [6.07, 6.45) is 0. The van der Waals surface area contributed by atoms with Gasteiger partial charge in [-0.25, -0.2) is 0 Å². The molecule has 2 aromatic heterocycles. The van der Waals surface area contributed by atoms with E-state index in [1.165, 1.54) is 0 Å². The predicted molar refractivity (Wildman–Crippen MR) is 186 cm³/mol. The molecule has 2 heteroatoms. The molecule has 0 radical (unpaired) electrons. The molecular formula is C42H28N2. The van der Waals surface area contributed by atoms with Crippen molar-refractivity contribution < 1.29 is 12.3 Å². The number of para-hydroxylation sites is 2. The normalized spacial score (nSPS) is 14.5. The molecule has 0 aliphatic carbocycles. The number of aromatic nitrogens is 2. The summed E-state index contributed by atoms with van der Waals surface area (Å²) < 4.78 is 86.7. The Balaban J connectivity index is 1.56. The van der Waals surface area contributed by atoms with Gasteiger partial charge >= 0.3 is 0 Å². The first-order chi connectivity index (χ1) is 25.6. The SMILES string of the molecule is [2H]c1c([2H])c([2H])c2c(c1[2H])c1c3c4c([2H])c([2H])c(-c5ccccc5)c([2H])c4n(-c4ccc(-c5ccccc5)cc4)c3c([2H])c([2H])c1n2-c1ccccc1. The molecule has 0 aliphatic heterocycles. The Hall–Kier alpha value is -5.86. The van der Waals surface area contributed by atoms with Crippen molar-refractivity contribution >= 4 is 43.6 Å². The molecule has 0 bridgehead atoms. The largest absolute Gasteiger partial charge is 0.309 e. The van der Waals surface area contributed by atoms with Crippen molar-refractivity contribution in [3.8, 4) is 33.6 Å². The Kier molecular flexibility index (Phi) is 3.88. The van der Waals surface area contributed by atoms with Crippen molar-refractivity contribution in [3.05, 3.63) is 170 Å². The van der Waals surface area contributed by atoms with Crippen LogP contribution >= 0.6 is 0 Å². The van der Waals surface area contributed by atoms with Crippen molar-refractivity contribution in [1.82, 2.24) is 9.13 Å². The Morgan fingerprint density at radius 1 is 0.364 bits per heavy atom. The third-order valence-corrected chi connectivity index (χ3v) is 8.19. The van der Waals surface area contributed by atoms with Gasteiger partial charge in [0.1, 0.15) is 0 Å². The van der Waals surface area contributed by atoms with Gasteiger partial charge in [-0.05, 0) is 70.7 Å². The van der Waals surface area contributed by atoms with Crippen LogP contribution < -0.4 is 0 Å². The van der Waals surface area contributed by atoms with E-state index in [1.807, 2.05) is 78.9 Å². The minimum absolute atomic E-state index is 0.0386. The van der Waals surface area contributed by atoms with Crippen LogP contribution in [0.1, 0.15) is 12.3 Å². The summed E-state index contributed by atoms with van der Waals surface area (Å²) >= 11 is 0. The molecule has 0 saturated carbocycles. The number of fused-ring (bicyclic) bond motifs is 7. The van der Waals surface area contributed by atoms with E-state index < -0.39 is 12.1 Å². The summed E-state index contributed by atoms with van der Waals surface area (Å²) in [4.78, 5) is 0. The highest BCUT2D eigenvalue weighted by Gasteiger charge is 2.21. The predicted octanol–water partition coefficient (Wildman–Crippen LogP) is 11.2. The highest BCUT2D eigenvalue weighted by Crippen LogP contribution is 2.43. The summed E-state index contributed by atoms with van der Waals surface area (Å²) in [5.41, 5.74) is 4.65. The van der Waals surface area contributed by atoms with Crippen LogP contribution in [-0.2, 0) is 0 Å². The highest BCUT2D eigenvalue weighted by molar-refractivity contribution is 6.29. The van der Waals surface area contributed by atoms with Crippen molar-refractivity contribution in [2.45, 2.75) is 0 Å². The van der Waals surface area contributed by atoms with Gasteiger partial charge in [0.05, 0.1) is 34.4 Å². The van der Waals surface area contributed by atoms with Gasteiger partial charge in [0.2, 0.25) is 0 Å². The standard InChI is InChI=1S/C42H28N2/c1-4-12-29(13-5-1)31-20-23-34(24-21-31)44-39-27-26-38-41(35-18-10-11-19-37(35)43(38)33-16-8-3-9-17-33)42(39)36-25-22-32(28-40(36)44)30-14-6-2-7-15-30/h1-28H/i10D,11D,18D,19D,22D,25D,26D,27D,28D. The van der Waals surface area contributed by atoms with Gasteiger partial charge in [-0.2, -0.15) is 0 Å². The van der Waals surface area contributed by atoms with E-state index in [4.69, 9.17) is 4.11 Å². The first-order valence-electron chi connectivity index (χ1n) is 18.9. The number of benzene rings is 7. The van der Waals surface area contributed by atoms with Gasteiger partial charge in [-0.1, -0.05) is 121 Å². The molecule has 2 heterocycles. The zero-order valence-corrected chi connectivity index (χ0v) is 23.4. The van der Waals surface area contributed by atoms with E-state index in [-0.39, 0.29) is 91.5 Å². The first-order valence-corrected chi connectivity index (χ1v) is 14.4. The second-order valence-corrected chi connectivity index (χ2v) is 10.7. The first kappa shape index (κ1) is 17.3. The fourth-order valence-electron chi connectivity index (χ4n) is 6.20. The minimum atomic E-state index is -0.454. The summed E-state index contributed by atoms with van der Waals surface area (Å²) in [5.74, 6) is 0. The molecule has 0 unspecified atom stereocenters. The summed E-state index contributed by atoms with van der Waals surface area (Å²) in [6, 6.07) is 33.1. The molecule has 206 valence electrons. The number of rotatable bonds is 4. The zero-order chi connectivity index (χ0) is 36.9. The fraction of sp³-hybridized carbons (Fsp3) is 0. The topological polar surface area (TPSA) is 9.86 Å². The van der Waals surface area contributed by atoms with Gasteiger partial charge in [-0.3, -0.25) is 0 Å². The molecule has 9 aromatic rings. The van der Waals surface area contributed by atoms with Crippen LogP contribution in [0.2, 0.25) is 0 Å². The van der Waals surface area contributed by atoms with E-state index >= 15 is 0 Å². The van der Waals surface area contributed by atoms with Gasteiger partial charge in [0, 0.05) is 32.9 Å². The molecule has 0 amide bonds. The van der Waals surface area contributed by atoms with Gasteiger partial charge in [0.25, 0.3) is 0 Å². The summed E-state index contributed by atoms with van der Waals surface area (Å²) in [5, 5.41) is 0.868. The second kappa shape index (κ2) is 9.86. The average molecular weight is 570 g/mol. The maximum atomic E-state index is 9.73. The lowest BCUT2D eigenvalue weighted by molar-refractivity contribution is 1.17. The lowest BCUT2D eigenvalue weighted by atomic mass is 10.0. The Labute approximate surface area is 268 Å². The second-order valence-electron chi connectivity index (χ2n) is 10.7. The molecule has 0 aliphatic rings. The smallest absolute Gasteiger partial charge is 0.0652 e. The van der Waals surface area contributed by atoms with E-state index in [2.05, 4.69) is 0 Å². The number of nitrogens with zero attached hydrogens (tertiary/aromatic N) is 2. The van der Waals surface area contributed by atoms with Gasteiger partial charge in [0.15, 0.2) is 0 Å². The van der Waals surface area contributed by atoms with Crippen LogP contribution in [-0.4, -0.2) is 9.13 Å². The number of hydrogen-bond donors (Lipinski definition) is 0. The monoisotopic (exact) mass is 569 g/mol. The summed E-state index contributed by atoms with van der Waals surface area (Å²) in [6.45, 7) is 0. The maximum absolute atomic E-state index is 9.73. The lowest BCUT2D eigenvalue weighted by Crippen LogP contribution is -1.95. The van der Waals surface area contributed by atoms with Gasteiger partial charge < -0.3 is 9.13 Å². The Bertz CT molecular complexity index is 2950. The molecule has 0 fully saturated rings. The average Bonchev–Trinajstić information content (AvgIpc) is 3.74. The van der Waals surface area contributed by atoms with Gasteiger partial charge in [-0.15, -0.1) is 0 Å². The molecule has 44 heavy (non-hydrogen) atoms. The van der Waals surface area contributed by atoms with E-state index in [0.717, 1.165) is 11.1 Å². The van der Waals surface area contributed by atoms with Crippen LogP contribution in [0.3, 0.4) is 0 Å². The van der Waals surface area contributed by atoms with Crippen molar-refractivity contribution in [1.29, 1.82) is 0 Å². The Morgan fingerprint density at radius 2 is 0.864 bits per heavy atom. The van der Waals surface area contributed by atoms with Crippen LogP contribution in [0.4, 0.5) is 0 Å². The molecule has 7 aromatic carbocycles. The number of hydrogen-bond acceptors (Lipinski definition) is 0. The van der Waals surface area contributed by atoms with Crippen LogP contribution in [0.15, 0.2) is 170 Å². The highest BCUT2D eigenvalue weighted by atomic mass is 15.0. The quantitative estimate of drug-likeness (QED) is 0.199. The van der Waals surface area contributed by atoms with E-state index in [9.17, 15) is 8.22 Å². The van der Waals surface area contributed by atoms with Crippen LogP contribution in [0.5, 0.6) is 0 Å². The van der Waals surface area contributed by atoms with Crippen molar-refractivity contribution in [2.75, 3.05) is 0 Å². The third-order valence-electron chi connectivity index (χ3n) is 8.19. The molecule has 0 N–H and O–H groups in total. The molecule has 2 nitrogen and oxygen atoms in total. The third kappa shape index (κ3) is 3.75. The Morgan fingerprint density at radius 3 is 1.52 bits per heavy atom. The van der Waals surface area contributed by atoms with Crippen LogP contribution in [0, 0.1) is 0 Å². The van der Waals surface area contributed by atoms with Crippen molar-refractivity contribution in [2.24, 2.45) is 0 Å². The molecular weight excluding hydrogens is 532 g/mol. The summed E-state index contributed by atoms with van der Waals surface area (Å²) in [7, 11) is 0. The molecule has 0 spiro atoms. The van der Waals surface area contributed by atoms with E-state index in [1.54, 1.807) is 45.5 Å². The fourth-order valence-corrected chi connectivity index (χ4v) is 6.20. The zero-order valence-electron chi connectivity index (χ0n) is 32.4.